The number of amides is 1. The number of thioether (sulfide) groups is 1. The van der Waals surface area contributed by atoms with Gasteiger partial charge in [-0.3, -0.25) is 4.79 Å². The number of hydrogen-bond donors (Lipinski definition) is 1. The molecule has 0 aliphatic rings. The van der Waals surface area contributed by atoms with E-state index in [2.05, 4.69) is 21.2 Å². The van der Waals surface area contributed by atoms with Gasteiger partial charge in [-0.05, 0) is 52.7 Å². The maximum Gasteiger partial charge on any atom is 0.233 e. The molecule has 0 fully saturated rings. The quantitative estimate of drug-likeness (QED) is 0.762. The predicted octanol–water partition coefficient (Wildman–Crippen LogP) is 4.25. The van der Waals surface area contributed by atoms with E-state index in [0.29, 0.717) is 6.54 Å². The lowest BCUT2D eigenvalue weighted by atomic mass is 10.2. The van der Waals surface area contributed by atoms with E-state index < -0.39 is 0 Å². The number of ether oxygens (including phenoxy) is 1. The van der Waals surface area contributed by atoms with Crippen LogP contribution >= 0.6 is 27.7 Å². The van der Waals surface area contributed by atoms with E-state index in [0.717, 1.165) is 20.7 Å². The highest BCUT2D eigenvalue weighted by Gasteiger charge is 2.15. The summed E-state index contributed by atoms with van der Waals surface area (Å²) >= 11 is 5.04. The molecule has 0 spiro atoms. The fourth-order valence-electron chi connectivity index (χ4n) is 1.86. The maximum atomic E-state index is 12.2. The summed E-state index contributed by atoms with van der Waals surface area (Å²) in [6.07, 6.45) is 0. The molecule has 2 aromatic rings. The first-order valence-corrected chi connectivity index (χ1v) is 8.59. The van der Waals surface area contributed by atoms with Gasteiger partial charge in [0.05, 0.1) is 12.4 Å². The van der Waals surface area contributed by atoms with E-state index in [1.807, 2.05) is 55.5 Å². The Hall–Kier alpha value is -1.46. The van der Waals surface area contributed by atoms with Crippen LogP contribution in [-0.4, -0.2) is 18.3 Å². The van der Waals surface area contributed by atoms with Crippen LogP contribution < -0.4 is 10.1 Å². The summed E-state index contributed by atoms with van der Waals surface area (Å²) in [5.41, 5.74) is 1.05. The number of carbonyl (C=O) groups excluding carboxylic acids is 1. The Balaban J connectivity index is 1.87. The Labute approximate surface area is 143 Å². The second kappa shape index (κ2) is 8.25. The zero-order chi connectivity index (χ0) is 15.9. The third-order valence-electron chi connectivity index (χ3n) is 3.14. The van der Waals surface area contributed by atoms with Crippen LogP contribution in [0.3, 0.4) is 0 Å². The van der Waals surface area contributed by atoms with Crippen molar-refractivity contribution in [1.82, 2.24) is 5.32 Å². The number of benzene rings is 2. The van der Waals surface area contributed by atoms with Crippen LogP contribution in [-0.2, 0) is 11.3 Å². The highest BCUT2D eigenvalue weighted by atomic mass is 79.9. The van der Waals surface area contributed by atoms with E-state index in [9.17, 15) is 4.79 Å². The molecule has 0 aromatic heterocycles. The molecule has 0 aliphatic carbocycles. The summed E-state index contributed by atoms with van der Waals surface area (Å²) in [6, 6.07) is 15.6. The van der Waals surface area contributed by atoms with Gasteiger partial charge in [-0.1, -0.05) is 24.3 Å². The Kier molecular flexibility index (Phi) is 6.34. The maximum absolute atomic E-state index is 12.2. The first kappa shape index (κ1) is 16.9. The van der Waals surface area contributed by atoms with Crippen molar-refractivity contribution >= 4 is 33.6 Å². The van der Waals surface area contributed by atoms with Crippen molar-refractivity contribution in [3.63, 3.8) is 0 Å². The first-order chi connectivity index (χ1) is 10.6. The minimum atomic E-state index is -0.156. The highest BCUT2D eigenvalue weighted by molar-refractivity contribution is 9.10. The van der Waals surface area contributed by atoms with Crippen molar-refractivity contribution in [2.75, 3.05) is 7.11 Å². The van der Waals surface area contributed by atoms with Gasteiger partial charge in [0.15, 0.2) is 0 Å². The second-order valence-electron chi connectivity index (χ2n) is 4.76. The smallest absolute Gasteiger partial charge is 0.233 e. The van der Waals surface area contributed by atoms with Gasteiger partial charge < -0.3 is 10.1 Å². The first-order valence-electron chi connectivity index (χ1n) is 6.92. The SMILES string of the molecule is COc1ccc(CNC(=O)[C@H](C)Sc2ccccc2Br)cc1. The molecule has 1 N–H and O–H groups in total. The van der Waals surface area contributed by atoms with Gasteiger partial charge in [0.2, 0.25) is 5.91 Å². The molecule has 2 rings (SSSR count). The third kappa shape index (κ3) is 4.78. The summed E-state index contributed by atoms with van der Waals surface area (Å²) in [6.45, 7) is 2.43. The normalized spacial score (nSPS) is 11.8. The molecule has 116 valence electrons. The fourth-order valence-corrected chi connectivity index (χ4v) is 3.33. The van der Waals surface area contributed by atoms with Crippen molar-refractivity contribution in [3.8, 4) is 5.75 Å². The van der Waals surface area contributed by atoms with Crippen molar-refractivity contribution in [1.29, 1.82) is 0 Å². The van der Waals surface area contributed by atoms with Gasteiger partial charge in [-0.2, -0.15) is 0 Å². The molecule has 3 nitrogen and oxygen atoms in total. The molecule has 0 bridgehead atoms. The third-order valence-corrected chi connectivity index (χ3v) is 5.27. The van der Waals surface area contributed by atoms with Crippen LogP contribution in [0.25, 0.3) is 0 Å². The fraction of sp³-hybridized carbons (Fsp3) is 0.235. The van der Waals surface area contributed by atoms with Crippen LogP contribution in [0.2, 0.25) is 0 Å². The Morgan fingerprint density at radius 1 is 1.23 bits per heavy atom. The summed E-state index contributed by atoms with van der Waals surface area (Å²) in [4.78, 5) is 13.2. The van der Waals surface area contributed by atoms with E-state index in [4.69, 9.17) is 4.74 Å². The molecule has 0 unspecified atom stereocenters. The monoisotopic (exact) mass is 379 g/mol. The molecule has 0 heterocycles. The zero-order valence-corrected chi connectivity index (χ0v) is 14.9. The summed E-state index contributed by atoms with van der Waals surface area (Å²) in [7, 11) is 1.64. The minimum absolute atomic E-state index is 0.0246. The number of carbonyl (C=O) groups is 1. The van der Waals surface area contributed by atoms with Gasteiger partial charge in [0.1, 0.15) is 5.75 Å². The molecule has 5 heteroatoms. The highest BCUT2D eigenvalue weighted by Crippen LogP contribution is 2.30. The number of rotatable bonds is 6. The molecule has 22 heavy (non-hydrogen) atoms. The van der Waals surface area contributed by atoms with Crippen molar-refractivity contribution in [2.45, 2.75) is 23.6 Å². The lowest BCUT2D eigenvalue weighted by Gasteiger charge is -2.13. The Morgan fingerprint density at radius 3 is 2.55 bits per heavy atom. The average molecular weight is 380 g/mol. The molecule has 0 saturated carbocycles. The molecule has 1 amide bonds. The van der Waals surface area contributed by atoms with Crippen molar-refractivity contribution in [3.05, 3.63) is 58.6 Å². The van der Waals surface area contributed by atoms with E-state index in [1.165, 1.54) is 0 Å². The average Bonchev–Trinajstić information content (AvgIpc) is 2.55. The Bertz CT molecular complexity index is 631. The van der Waals surface area contributed by atoms with Crippen LogP contribution in [0, 0.1) is 0 Å². The number of halogens is 1. The number of nitrogens with one attached hydrogen (secondary N) is 1. The summed E-state index contributed by atoms with van der Waals surface area (Å²) in [5.74, 6) is 0.837. The second-order valence-corrected chi connectivity index (χ2v) is 6.99. The van der Waals surface area contributed by atoms with Crippen molar-refractivity contribution in [2.24, 2.45) is 0 Å². The number of hydrogen-bond acceptors (Lipinski definition) is 3. The van der Waals surface area contributed by atoms with Crippen LogP contribution in [0.4, 0.5) is 0 Å². The van der Waals surface area contributed by atoms with Gasteiger partial charge in [-0.15, -0.1) is 11.8 Å². The summed E-state index contributed by atoms with van der Waals surface area (Å²) in [5, 5.41) is 2.80. The Morgan fingerprint density at radius 2 is 1.91 bits per heavy atom. The minimum Gasteiger partial charge on any atom is -0.497 e. The van der Waals surface area contributed by atoms with Gasteiger partial charge >= 0.3 is 0 Å². The molecular formula is C17H18BrNO2S. The number of methoxy groups -OCH3 is 1. The van der Waals surface area contributed by atoms with E-state index in [1.54, 1.807) is 18.9 Å². The largest absolute Gasteiger partial charge is 0.497 e. The lowest BCUT2D eigenvalue weighted by Crippen LogP contribution is -2.30. The van der Waals surface area contributed by atoms with Crippen LogP contribution in [0.1, 0.15) is 12.5 Å². The lowest BCUT2D eigenvalue weighted by molar-refractivity contribution is -0.120. The molecule has 0 aliphatic heterocycles. The molecule has 1 atom stereocenters. The molecular weight excluding hydrogens is 362 g/mol. The van der Waals surface area contributed by atoms with Crippen LogP contribution in [0.15, 0.2) is 57.9 Å². The van der Waals surface area contributed by atoms with Crippen LogP contribution in [0.5, 0.6) is 5.75 Å². The molecule has 0 saturated heterocycles. The molecule has 0 radical (unpaired) electrons. The van der Waals surface area contributed by atoms with Crippen molar-refractivity contribution < 1.29 is 9.53 Å². The standard InChI is InChI=1S/C17H18BrNO2S/c1-12(22-16-6-4-3-5-15(16)18)17(20)19-11-13-7-9-14(21-2)10-8-13/h3-10,12H,11H2,1-2H3,(H,19,20)/t12-/m0/s1. The van der Waals surface area contributed by atoms with Gasteiger partial charge in [-0.25, -0.2) is 0 Å². The molecule has 2 aromatic carbocycles. The topological polar surface area (TPSA) is 38.3 Å². The predicted molar refractivity (Wildman–Crippen MR) is 94.3 cm³/mol. The summed E-state index contributed by atoms with van der Waals surface area (Å²) < 4.78 is 6.12. The van der Waals surface area contributed by atoms with Gasteiger partial charge in [0, 0.05) is 15.9 Å². The van der Waals surface area contributed by atoms with E-state index in [-0.39, 0.29) is 11.2 Å². The van der Waals surface area contributed by atoms with Gasteiger partial charge in [0.25, 0.3) is 0 Å². The zero-order valence-electron chi connectivity index (χ0n) is 12.5. The van der Waals surface area contributed by atoms with E-state index >= 15 is 0 Å².